The van der Waals surface area contributed by atoms with E-state index in [2.05, 4.69) is 5.32 Å². The molecule has 0 aromatic heterocycles. The smallest absolute Gasteiger partial charge is 0.323 e. The second-order valence-electron chi connectivity index (χ2n) is 5.49. The topological polar surface area (TPSA) is 73.2 Å². The van der Waals surface area contributed by atoms with Crippen molar-refractivity contribution in [2.75, 3.05) is 0 Å². The van der Waals surface area contributed by atoms with Gasteiger partial charge in [-0.25, -0.2) is 4.79 Å². The largest absolute Gasteiger partial charge is 0.325 e. The molecule has 0 bridgehead atoms. The van der Waals surface area contributed by atoms with Gasteiger partial charge in [0.15, 0.2) is 0 Å². The molecule has 20 heavy (non-hydrogen) atoms. The molecule has 1 aromatic rings. The van der Waals surface area contributed by atoms with E-state index in [-0.39, 0.29) is 24.4 Å². The maximum absolute atomic E-state index is 12.4. The van der Waals surface area contributed by atoms with Crippen LogP contribution in [0.1, 0.15) is 31.9 Å². The van der Waals surface area contributed by atoms with Crippen molar-refractivity contribution in [2.24, 2.45) is 5.92 Å². The van der Waals surface area contributed by atoms with Gasteiger partial charge in [-0.2, -0.15) is 5.26 Å². The third-order valence-electron chi connectivity index (χ3n) is 3.88. The van der Waals surface area contributed by atoms with Crippen molar-refractivity contribution < 1.29 is 9.59 Å². The van der Waals surface area contributed by atoms with Gasteiger partial charge in [-0.1, -0.05) is 26.0 Å². The predicted octanol–water partition coefficient (Wildman–Crippen LogP) is 2.02. The number of nitrogens with zero attached hydrogens (tertiary/aromatic N) is 2. The Kier molecular flexibility index (Phi) is 3.49. The molecule has 1 N–H and O–H groups in total. The van der Waals surface area contributed by atoms with E-state index in [9.17, 15) is 9.59 Å². The minimum absolute atomic E-state index is 0.0184. The van der Waals surface area contributed by atoms with Crippen molar-refractivity contribution in [2.45, 2.75) is 32.9 Å². The molecule has 1 aliphatic rings. The number of nitriles is 1. The number of nitrogens with one attached hydrogen (secondary N) is 1. The van der Waals surface area contributed by atoms with E-state index in [0.717, 1.165) is 5.56 Å². The van der Waals surface area contributed by atoms with E-state index in [1.54, 1.807) is 31.2 Å². The van der Waals surface area contributed by atoms with Gasteiger partial charge in [0.1, 0.15) is 5.54 Å². The fraction of sp³-hybridized carbons (Fsp3) is 0.400. The zero-order valence-corrected chi connectivity index (χ0v) is 11.8. The van der Waals surface area contributed by atoms with E-state index in [0.29, 0.717) is 5.56 Å². The predicted molar refractivity (Wildman–Crippen MR) is 73.5 cm³/mol. The first kappa shape index (κ1) is 14.1. The summed E-state index contributed by atoms with van der Waals surface area (Å²) in [4.78, 5) is 25.6. The quantitative estimate of drug-likeness (QED) is 0.855. The zero-order valence-electron chi connectivity index (χ0n) is 11.8. The highest BCUT2D eigenvalue weighted by molar-refractivity contribution is 6.06. The Hall–Kier alpha value is -2.35. The minimum atomic E-state index is -0.844. The van der Waals surface area contributed by atoms with Crippen LogP contribution in [0.3, 0.4) is 0 Å². The Balaban J connectivity index is 2.19. The van der Waals surface area contributed by atoms with Gasteiger partial charge >= 0.3 is 6.03 Å². The molecule has 3 amide bonds. The van der Waals surface area contributed by atoms with Crippen molar-refractivity contribution >= 4 is 11.9 Å². The molecule has 1 aliphatic heterocycles. The van der Waals surface area contributed by atoms with Gasteiger partial charge in [0.25, 0.3) is 5.91 Å². The highest BCUT2D eigenvalue weighted by Crippen LogP contribution is 2.26. The molecule has 0 spiro atoms. The lowest BCUT2D eigenvalue weighted by Gasteiger charge is -2.25. The van der Waals surface area contributed by atoms with Crippen LogP contribution >= 0.6 is 0 Å². The first-order chi connectivity index (χ1) is 9.38. The maximum atomic E-state index is 12.4. The van der Waals surface area contributed by atoms with Crippen molar-refractivity contribution in [3.05, 3.63) is 35.4 Å². The van der Waals surface area contributed by atoms with E-state index < -0.39 is 5.54 Å². The van der Waals surface area contributed by atoms with E-state index in [4.69, 9.17) is 5.26 Å². The van der Waals surface area contributed by atoms with Crippen molar-refractivity contribution in [3.63, 3.8) is 0 Å². The van der Waals surface area contributed by atoms with Gasteiger partial charge in [-0.3, -0.25) is 9.69 Å². The number of urea groups is 1. The summed E-state index contributed by atoms with van der Waals surface area (Å²) in [5.74, 6) is -0.188. The van der Waals surface area contributed by atoms with Crippen LogP contribution in [0.15, 0.2) is 24.3 Å². The molecule has 1 saturated heterocycles. The third kappa shape index (κ3) is 2.25. The molecular formula is C15H17N3O2. The molecule has 0 radical (unpaired) electrons. The Morgan fingerprint density at radius 1 is 1.30 bits per heavy atom. The SMILES string of the molecule is CC(C)C1(C)NC(=O)N(Cc2ccc(C#N)cc2)C1=O. The fourth-order valence-corrected chi connectivity index (χ4v) is 2.12. The number of carbonyl (C=O) groups is 2. The van der Waals surface area contributed by atoms with Crippen LogP contribution in [0.4, 0.5) is 4.79 Å². The molecule has 1 unspecified atom stereocenters. The number of carbonyl (C=O) groups excluding carboxylic acids is 2. The van der Waals surface area contributed by atoms with E-state index in [1.807, 2.05) is 19.9 Å². The number of benzene rings is 1. The summed E-state index contributed by atoms with van der Waals surface area (Å²) in [6.07, 6.45) is 0. The van der Waals surface area contributed by atoms with Gasteiger partial charge in [-0.15, -0.1) is 0 Å². The number of hydrogen-bond acceptors (Lipinski definition) is 3. The van der Waals surface area contributed by atoms with Crippen molar-refractivity contribution in [1.29, 1.82) is 5.26 Å². The average Bonchev–Trinajstić information content (AvgIpc) is 2.64. The Labute approximate surface area is 118 Å². The molecule has 1 aromatic carbocycles. The first-order valence-electron chi connectivity index (χ1n) is 6.51. The molecule has 1 heterocycles. The monoisotopic (exact) mass is 271 g/mol. The second-order valence-corrected chi connectivity index (χ2v) is 5.49. The molecule has 0 saturated carbocycles. The van der Waals surface area contributed by atoms with Gasteiger partial charge < -0.3 is 5.32 Å². The van der Waals surface area contributed by atoms with Crippen LogP contribution in [0.25, 0.3) is 0 Å². The Bertz CT molecular complexity index is 586. The maximum Gasteiger partial charge on any atom is 0.325 e. The molecule has 1 atom stereocenters. The number of imide groups is 1. The molecule has 0 aliphatic carbocycles. The van der Waals surface area contributed by atoms with Crippen LogP contribution in [0, 0.1) is 17.2 Å². The molecule has 5 heteroatoms. The van der Waals surface area contributed by atoms with Crippen molar-refractivity contribution in [1.82, 2.24) is 10.2 Å². The number of amides is 3. The second kappa shape index (κ2) is 4.97. The van der Waals surface area contributed by atoms with Gasteiger partial charge in [-0.05, 0) is 30.5 Å². The number of hydrogen-bond donors (Lipinski definition) is 1. The van der Waals surface area contributed by atoms with Gasteiger partial charge in [0.05, 0.1) is 18.2 Å². The summed E-state index contributed by atoms with van der Waals surface area (Å²) in [6.45, 7) is 5.78. The zero-order chi connectivity index (χ0) is 14.9. The van der Waals surface area contributed by atoms with Crippen LogP contribution in [0.2, 0.25) is 0 Å². The summed E-state index contributed by atoms with van der Waals surface area (Å²) in [7, 11) is 0. The van der Waals surface area contributed by atoms with Crippen LogP contribution in [-0.4, -0.2) is 22.4 Å². The Morgan fingerprint density at radius 3 is 2.35 bits per heavy atom. The van der Waals surface area contributed by atoms with Gasteiger partial charge in [0, 0.05) is 0 Å². The third-order valence-corrected chi connectivity index (χ3v) is 3.88. The van der Waals surface area contributed by atoms with Crippen LogP contribution in [0.5, 0.6) is 0 Å². The first-order valence-corrected chi connectivity index (χ1v) is 6.51. The minimum Gasteiger partial charge on any atom is -0.323 e. The van der Waals surface area contributed by atoms with Crippen LogP contribution in [-0.2, 0) is 11.3 Å². The van der Waals surface area contributed by atoms with Crippen molar-refractivity contribution in [3.8, 4) is 6.07 Å². The lowest BCUT2D eigenvalue weighted by Crippen LogP contribution is -2.48. The summed E-state index contributed by atoms with van der Waals surface area (Å²) < 4.78 is 0. The average molecular weight is 271 g/mol. The highest BCUT2D eigenvalue weighted by Gasteiger charge is 2.49. The highest BCUT2D eigenvalue weighted by atomic mass is 16.2. The lowest BCUT2D eigenvalue weighted by molar-refractivity contribution is -0.132. The normalized spacial score (nSPS) is 22.1. The molecular weight excluding hydrogens is 254 g/mol. The fourth-order valence-electron chi connectivity index (χ4n) is 2.12. The summed E-state index contributed by atoms with van der Waals surface area (Å²) in [5, 5.41) is 11.5. The van der Waals surface area contributed by atoms with E-state index in [1.165, 1.54) is 4.90 Å². The summed E-state index contributed by atoms with van der Waals surface area (Å²) >= 11 is 0. The van der Waals surface area contributed by atoms with Crippen LogP contribution < -0.4 is 5.32 Å². The van der Waals surface area contributed by atoms with Gasteiger partial charge in [0.2, 0.25) is 0 Å². The van der Waals surface area contributed by atoms with E-state index >= 15 is 0 Å². The lowest BCUT2D eigenvalue weighted by atomic mass is 9.88. The molecule has 2 rings (SSSR count). The Morgan fingerprint density at radius 2 is 1.90 bits per heavy atom. The molecule has 5 nitrogen and oxygen atoms in total. The molecule has 1 fully saturated rings. The summed E-state index contributed by atoms with van der Waals surface area (Å²) in [5.41, 5.74) is 0.530. The number of rotatable bonds is 3. The summed E-state index contributed by atoms with van der Waals surface area (Å²) in [6, 6.07) is 8.53. The standard InChI is InChI=1S/C15H17N3O2/c1-10(2)15(3)13(19)18(14(20)17-15)9-12-6-4-11(8-16)5-7-12/h4-7,10H,9H2,1-3H3,(H,17,20). The molecule has 104 valence electrons.